The molecule has 1 amide bonds. The second-order valence-electron chi connectivity index (χ2n) is 7.11. The van der Waals surface area contributed by atoms with Gasteiger partial charge in [0, 0.05) is 29.2 Å². The molecule has 30 heavy (non-hydrogen) atoms. The van der Waals surface area contributed by atoms with E-state index in [9.17, 15) is 13.6 Å². The number of nitrogens with zero attached hydrogens (tertiary/aromatic N) is 2. The number of nitrogens with one attached hydrogen (secondary N) is 2. The van der Waals surface area contributed by atoms with E-state index in [2.05, 4.69) is 20.4 Å². The smallest absolute Gasteiger partial charge is 0.225 e. The number of halogens is 3. The molecule has 2 aromatic carbocycles. The maximum absolute atomic E-state index is 13.7. The van der Waals surface area contributed by atoms with E-state index in [4.69, 9.17) is 11.6 Å². The first kappa shape index (κ1) is 21.9. The van der Waals surface area contributed by atoms with Crippen LogP contribution in [0, 0.1) is 11.6 Å². The summed E-state index contributed by atoms with van der Waals surface area (Å²) >= 11 is 5.71. The van der Waals surface area contributed by atoms with Crippen molar-refractivity contribution in [3.8, 4) is 11.3 Å². The first-order valence-electron chi connectivity index (χ1n) is 9.64. The summed E-state index contributed by atoms with van der Waals surface area (Å²) in [5, 5.41) is 10.1. The van der Waals surface area contributed by atoms with Crippen molar-refractivity contribution in [3.63, 3.8) is 0 Å². The molecule has 0 spiro atoms. The zero-order chi connectivity index (χ0) is 21.5. The number of carbonyl (C=O) groups excluding carboxylic acids is 1. The second-order valence-corrected chi connectivity index (χ2v) is 7.55. The summed E-state index contributed by atoms with van der Waals surface area (Å²) in [5.74, 6) is -1.08. The summed E-state index contributed by atoms with van der Waals surface area (Å²) in [6.45, 7) is 1.36. The van der Waals surface area contributed by atoms with Crippen LogP contribution in [0.25, 0.3) is 11.3 Å². The Balaban J connectivity index is 1.38. The van der Waals surface area contributed by atoms with Crippen LogP contribution >= 0.6 is 11.6 Å². The maximum atomic E-state index is 13.7. The number of H-pyrrole nitrogens is 1. The lowest BCUT2D eigenvalue weighted by Gasteiger charge is -2.16. The third-order valence-electron chi connectivity index (χ3n) is 4.68. The summed E-state index contributed by atoms with van der Waals surface area (Å²) in [4.78, 5) is 14.1. The number of hydrogen-bond acceptors (Lipinski definition) is 3. The fourth-order valence-electron chi connectivity index (χ4n) is 3.01. The van der Waals surface area contributed by atoms with E-state index < -0.39 is 5.82 Å². The molecule has 158 valence electrons. The highest BCUT2D eigenvalue weighted by Crippen LogP contribution is 2.20. The van der Waals surface area contributed by atoms with Gasteiger partial charge in [0.1, 0.15) is 11.6 Å². The summed E-state index contributed by atoms with van der Waals surface area (Å²) in [7, 11) is 1.94. The van der Waals surface area contributed by atoms with Gasteiger partial charge in [0.25, 0.3) is 0 Å². The summed E-state index contributed by atoms with van der Waals surface area (Å²) in [5.41, 5.74) is 2.77. The molecule has 0 radical (unpaired) electrons. The van der Waals surface area contributed by atoms with Gasteiger partial charge < -0.3 is 10.2 Å². The average molecular weight is 433 g/mol. The Hall–Kier alpha value is -2.77. The number of aryl methyl sites for hydroxylation is 1. The normalized spacial score (nSPS) is 11.1. The third-order valence-corrected chi connectivity index (χ3v) is 4.92. The molecule has 2 N–H and O–H groups in total. The lowest BCUT2D eigenvalue weighted by Crippen LogP contribution is -2.25. The Morgan fingerprint density at radius 3 is 2.63 bits per heavy atom. The van der Waals surface area contributed by atoms with Crippen molar-refractivity contribution in [2.24, 2.45) is 0 Å². The maximum Gasteiger partial charge on any atom is 0.225 e. The highest BCUT2D eigenvalue weighted by molar-refractivity contribution is 6.30. The zero-order valence-electron chi connectivity index (χ0n) is 16.6. The van der Waals surface area contributed by atoms with Crippen LogP contribution in [0.3, 0.4) is 0 Å². The Kier molecular flexibility index (Phi) is 7.54. The molecule has 0 fully saturated rings. The predicted octanol–water partition coefficient (Wildman–Crippen LogP) is 4.90. The highest BCUT2D eigenvalue weighted by atomic mass is 35.5. The number of benzene rings is 2. The van der Waals surface area contributed by atoms with E-state index in [-0.39, 0.29) is 28.9 Å². The first-order valence-corrected chi connectivity index (χ1v) is 10.0. The minimum atomic E-state index is -0.552. The minimum Gasteiger partial charge on any atom is -0.324 e. The molecule has 8 heteroatoms. The third kappa shape index (κ3) is 6.37. The lowest BCUT2D eigenvalue weighted by atomic mass is 10.1. The average Bonchev–Trinajstić information content (AvgIpc) is 3.18. The molecule has 5 nitrogen and oxygen atoms in total. The summed E-state index contributed by atoms with van der Waals surface area (Å²) in [6.07, 6.45) is 1.95. The van der Waals surface area contributed by atoms with Crippen molar-refractivity contribution in [2.75, 3.05) is 25.5 Å². The quantitative estimate of drug-likeness (QED) is 0.505. The molecular weight excluding hydrogens is 410 g/mol. The standard InChI is InChI=1S/C22H23ClF2N4O/c1-29(12-10-22(30)26-20-9-6-16(23)13-19(20)25)11-2-3-18-14-21(28-27-18)15-4-7-17(24)8-5-15/h4-9,13-14H,2-3,10-12H2,1H3,(H,26,30)(H,27,28). The van der Waals surface area contributed by atoms with Crippen LogP contribution in [0.4, 0.5) is 14.5 Å². The van der Waals surface area contributed by atoms with Crippen LogP contribution in [0.2, 0.25) is 5.02 Å². The number of aromatic nitrogens is 2. The van der Waals surface area contributed by atoms with E-state index in [1.807, 2.05) is 13.1 Å². The van der Waals surface area contributed by atoms with Gasteiger partial charge in [0.15, 0.2) is 0 Å². The fourth-order valence-corrected chi connectivity index (χ4v) is 3.16. The van der Waals surface area contributed by atoms with Crippen LogP contribution in [0.5, 0.6) is 0 Å². The van der Waals surface area contributed by atoms with Gasteiger partial charge in [0.05, 0.1) is 11.4 Å². The SMILES string of the molecule is CN(CCCc1cc(-c2ccc(F)cc2)n[nH]1)CCC(=O)Nc1ccc(Cl)cc1F. The number of aromatic amines is 1. The van der Waals surface area contributed by atoms with Gasteiger partial charge in [-0.1, -0.05) is 11.6 Å². The van der Waals surface area contributed by atoms with Gasteiger partial charge in [-0.05, 0) is 75.0 Å². The van der Waals surface area contributed by atoms with E-state index in [0.717, 1.165) is 36.3 Å². The molecular formula is C22H23ClF2N4O. The molecule has 0 saturated carbocycles. The number of anilines is 1. The van der Waals surface area contributed by atoms with Crippen molar-refractivity contribution >= 4 is 23.2 Å². The number of hydrogen-bond donors (Lipinski definition) is 2. The van der Waals surface area contributed by atoms with Gasteiger partial charge >= 0.3 is 0 Å². The minimum absolute atomic E-state index is 0.128. The van der Waals surface area contributed by atoms with Crippen molar-refractivity contribution < 1.29 is 13.6 Å². The molecule has 0 saturated heterocycles. The number of rotatable bonds is 9. The Morgan fingerprint density at radius 2 is 1.90 bits per heavy atom. The van der Waals surface area contributed by atoms with E-state index in [0.29, 0.717) is 6.54 Å². The van der Waals surface area contributed by atoms with E-state index in [1.54, 1.807) is 12.1 Å². The van der Waals surface area contributed by atoms with Gasteiger partial charge in [0.2, 0.25) is 5.91 Å². The monoisotopic (exact) mass is 432 g/mol. The largest absolute Gasteiger partial charge is 0.324 e. The number of carbonyl (C=O) groups is 1. The molecule has 3 rings (SSSR count). The predicted molar refractivity (Wildman–Crippen MR) is 114 cm³/mol. The van der Waals surface area contributed by atoms with Crippen LogP contribution < -0.4 is 5.32 Å². The molecule has 0 aliphatic heterocycles. The fraction of sp³-hybridized carbons (Fsp3) is 0.273. The molecule has 1 aromatic heterocycles. The zero-order valence-corrected chi connectivity index (χ0v) is 17.3. The topological polar surface area (TPSA) is 61.0 Å². The van der Waals surface area contributed by atoms with Crippen molar-refractivity contribution in [2.45, 2.75) is 19.3 Å². The van der Waals surface area contributed by atoms with Crippen LogP contribution in [-0.4, -0.2) is 41.1 Å². The van der Waals surface area contributed by atoms with Crippen LogP contribution in [-0.2, 0) is 11.2 Å². The van der Waals surface area contributed by atoms with Crippen LogP contribution in [0.1, 0.15) is 18.5 Å². The second kappa shape index (κ2) is 10.3. The highest BCUT2D eigenvalue weighted by Gasteiger charge is 2.09. The molecule has 0 bridgehead atoms. The molecule has 0 aliphatic rings. The van der Waals surface area contributed by atoms with Crippen molar-refractivity contribution in [1.82, 2.24) is 15.1 Å². The summed E-state index contributed by atoms with van der Waals surface area (Å²) in [6, 6.07) is 12.3. The van der Waals surface area contributed by atoms with Crippen molar-refractivity contribution in [3.05, 3.63) is 70.9 Å². The van der Waals surface area contributed by atoms with E-state index >= 15 is 0 Å². The van der Waals surface area contributed by atoms with Gasteiger partial charge in [-0.25, -0.2) is 8.78 Å². The van der Waals surface area contributed by atoms with Gasteiger partial charge in [-0.2, -0.15) is 5.10 Å². The Bertz CT molecular complexity index is 991. The molecule has 0 unspecified atom stereocenters. The summed E-state index contributed by atoms with van der Waals surface area (Å²) < 4.78 is 26.8. The Morgan fingerprint density at radius 1 is 1.13 bits per heavy atom. The van der Waals surface area contributed by atoms with Crippen LogP contribution in [0.15, 0.2) is 48.5 Å². The lowest BCUT2D eigenvalue weighted by molar-refractivity contribution is -0.116. The molecule has 0 aliphatic carbocycles. The molecule has 1 heterocycles. The van der Waals surface area contributed by atoms with E-state index in [1.165, 1.54) is 30.3 Å². The Labute approximate surface area is 179 Å². The first-order chi connectivity index (χ1) is 14.4. The molecule has 0 atom stereocenters. The van der Waals surface area contributed by atoms with Gasteiger partial charge in [-0.15, -0.1) is 0 Å². The van der Waals surface area contributed by atoms with Crippen molar-refractivity contribution in [1.29, 1.82) is 0 Å². The van der Waals surface area contributed by atoms with Gasteiger partial charge in [-0.3, -0.25) is 9.89 Å². The number of amides is 1. The molecule has 3 aromatic rings.